The molecule has 7 nitrogen and oxygen atoms in total. The normalized spacial score (nSPS) is 15.8. The Bertz CT molecular complexity index is 378. The van der Waals surface area contributed by atoms with Crippen LogP contribution < -0.4 is 0 Å². The first-order valence-corrected chi connectivity index (χ1v) is 6.25. The SMILES string of the molecule is [N-]=[N+]=NCOCCN1C(=O)C(I)=C(I)C1=O. The summed E-state index contributed by atoms with van der Waals surface area (Å²) in [5, 5.41) is 3.16. The Hall–Kier alpha value is -0.390. The number of azide groups is 1. The molecular formula is C7H6I2N4O3. The molecule has 0 unspecified atom stereocenters. The highest BCUT2D eigenvalue weighted by Gasteiger charge is 2.35. The number of ether oxygens (including phenoxy) is 1. The summed E-state index contributed by atoms with van der Waals surface area (Å²) in [6.45, 7) is 0.219. The smallest absolute Gasteiger partial charge is 0.268 e. The van der Waals surface area contributed by atoms with E-state index >= 15 is 0 Å². The van der Waals surface area contributed by atoms with Gasteiger partial charge in [-0.15, -0.1) is 0 Å². The second-order valence-corrected chi connectivity index (χ2v) is 4.82. The summed E-state index contributed by atoms with van der Waals surface area (Å²) in [7, 11) is 0. The predicted molar refractivity (Wildman–Crippen MR) is 71.8 cm³/mol. The van der Waals surface area contributed by atoms with Crippen molar-refractivity contribution in [1.82, 2.24) is 4.90 Å². The molecule has 1 rings (SSSR count). The van der Waals surface area contributed by atoms with Gasteiger partial charge in [0, 0.05) is 4.91 Å². The fourth-order valence-electron chi connectivity index (χ4n) is 1.01. The van der Waals surface area contributed by atoms with Gasteiger partial charge in [-0.25, -0.2) is 0 Å². The predicted octanol–water partition coefficient (Wildman–Crippen LogP) is 1.72. The van der Waals surface area contributed by atoms with Gasteiger partial charge in [0.1, 0.15) is 6.73 Å². The molecular weight excluding hydrogens is 442 g/mol. The van der Waals surface area contributed by atoms with Gasteiger partial charge in [0.15, 0.2) is 0 Å². The molecule has 0 aromatic rings. The molecule has 0 aromatic heterocycles. The van der Waals surface area contributed by atoms with E-state index in [-0.39, 0.29) is 31.7 Å². The number of hydrogen-bond acceptors (Lipinski definition) is 4. The van der Waals surface area contributed by atoms with E-state index in [0.717, 1.165) is 4.90 Å². The van der Waals surface area contributed by atoms with Crippen LogP contribution in [0, 0.1) is 0 Å². The van der Waals surface area contributed by atoms with E-state index in [2.05, 4.69) is 10.0 Å². The van der Waals surface area contributed by atoms with Crippen molar-refractivity contribution in [3.8, 4) is 0 Å². The van der Waals surface area contributed by atoms with Crippen LogP contribution in [0.3, 0.4) is 0 Å². The van der Waals surface area contributed by atoms with Crippen LogP contribution in [-0.2, 0) is 14.3 Å². The quantitative estimate of drug-likeness (QED) is 0.160. The maximum Gasteiger partial charge on any atom is 0.268 e. The second-order valence-electron chi connectivity index (χ2n) is 2.66. The third kappa shape index (κ3) is 3.06. The summed E-state index contributed by atoms with van der Waals surface area (Å²) >= 11 is 3.68. The maximum absolute atomic E-state index is 11.5. The van der Waals surface area contributed by atoms with E-state index in [0.29, 0.717) is 7.16 Å². The average Bonchev–Trinajstić information content (AvgIpc) is 2.46. The van der Waals surface area contributed by atoms with E-state index in [1.54, 1.807) is 0 Å². The first kappa shape index (κ1) is 13.7. The third-order valence-electron chi connectivity index (χ3n) is 1.73. The van der Waals surface area contributed by atoms with Crippen molar-refractivity contribution in [2.75, 3.05) is 19.9 Å². The van der Waals surface area contributed by atoms with Gasteiger partial charge in [-0.3, -0.25) is 14.5 Å². The fraction of sp³-hybridized carbons (Fsp3) is 0.429. The van der Waals surface area contributed by atoms with E-state index < -0.39 is 0 Å². The molecule has 0 fully saturated rings. The van der Waals surface area contributed by atoms with Gasteiger partial charge in [-0.2, -0.15) is 0 Å². The highest BCUT2D eigenvalue weighted by molar-refractivity contribution is 14.1. The monoisotopic (exact) mass is 448 g/mol. The first-order chi connectivity index (χ1) is 7.59. The Labute approximate surface area is 118 Å². The Kier molecular flexibility index (Phi) is 5.44. The highest BCUT2D eigenvalue weighted by Crippen LogP contribution is 2.29. The van der Waals surface area contributed by atoms with E-state index in [1.807, 2.05) is 45.2 Å². The van der Waals surface area contributed by atoms with Gasteiger partial charge in [0.05, 0.1) is 20.3 Å². The second kappa shape index (κ2) is 6.37. The van der Waals surface area contributed by atoms with Crippen LogP contribution in [0.4, 0.5) is 0 Å². The number of nitrogens with zero attached hydrogens (tertiary/aromatic N) is 4. The summed E-state index contributed by atoms with van der Waals surface area (Å²) in [4.78, 5) is 26.7. The van der Waals surface area contributed by atoms with Gasteiger partial charge in [0.25, 0.3) is 11.8 Å². The van der Waals surface area contributed by atoms with Crippen molar-refractivity contribution in [3.05, 3.63) is 17.6 Å². The zero-order valence-electron chi connectivity index (χ0n) is 7.89. The number of imide groups is 1. The largest absolute Gasteiger partial charge is 0.374 e. The van der Waals surface area contributed by atoms with E-state index in [9.17, 15) is 9.59 Å². The molecule has 86 valence electrons. The summed E-state index contributed by atoms with van der Waals surface area (Å²) in [5.41, 5.74) is 7.98. The van der Waals surface area contributed by atoms with Crippen molar-refractivity contribution < 1.29 is 14.3 Å². The van der Waals surface area contributed by atoms with Crippen molar-refractivity contribution in [2.24, 2.45) is 5.11 Å². The lowest BCUT2D eigenvalue weighted by Crippen LogP contribution is -2.34. The fourth-order valence-corrected chi connectivity index (χ4v) is 2.05. The summed E-state index contributed by atoms with van der Waals surface area (Å²) in [6.07, 6.45) is 0. The van der Waals surface area contributed by atoms with Gasteiger partial charge < -0.3 is 4.74 Å². The zero-order valence-corrected chi connectivity index (χ0v) is 12.2. The minimum atomic E-state index is -0.303. The minimum absolute atomic E-state index is 0.103. The van der Waals surface area contributed by atoms with Crippen LogP contribution in [0.2, 0.25) is 0 Å². The van der Waals surface area contributed by atoms with Crippen LogP contribution in [0.1, 0.15) is 0 Å². The van der Waals surface area contributed by atoms with Crippen LogP contribution >= 0.6 is 45.2 Å². The average molecular weight is 448 g/mol. The van der Waals surface area contributed by atoms with Crippen LogP contribution in [-0.4, -0.2) is 36.6 Å². The number of amides is 2. The van der Waals surface area contributed by atoms with Crippen molar-refractivity contribution in [1.29, 1.82) is 0 Å². The number of hydrogen-bond donors (Lipinski definition) is 0. The summed E-state index contributed by atoms with van der Waals surface area (Å²) in [6, 6.07) is 0. The summed E-state index contributed by atoms with van der Waals surface area (Å²) < 4.78 is 5.77. The molecule has 16 heavy (non-hydrogen) atoms. The molecule has 2 amide bonds. The number of carbonyl (C=O) groups is 2. The Balaban J connectivity index is 2.43. The van der Waals surface area contributed by atoms with E-state index in [4.69, 9.17) is 10.3 Å². The van der Waals surface area contributed by atoms with Crippen molar-refractivity contribution >= 4 is 57.0 Å². The molecule has 0 N–H and O–H groups in total. The van der Waals surface area contributed by atoms with Crippen molar-refractivity contribution in [2.45, 2.75) is 0 Å². The van der Waals surface area contributed by atoms with Gasteiger partial charge in [-0.05, 0) is 50.7 Å². The van der Waals surface area contributed by atoms with Crippen LogP contribution in [0.5, 0.6) is 0 Å². The molecule has 1 heterocycles. The lowest BCUT2D eigenvalue weighted by Gasteiger charge is -2.13. The standard InChI is InChI=1S/C7H6I2N4O3/c8-4-5(9)7(15)13(6(4)14)1-2-16-3-11-12-10/h1-3H2. The Morgan fingerprint density at radius 1 is 1.31 bits per heavy atom. The molecule has 0 saturated carbocycles. The molecule has 0 atom stereocenters. The molecule has 0 saturated heterocycles. The Morgan fingerprint density at radius 2 is 1.88 bits per heavy atom. The number of carbonyl (C=O) groups excluding carboxylic acids is 2. The zero-order chi connectivity index (χ0) is 12.1. The molecule has 1 aliphatic heterocycles. The molecule has 0 radical (unpaired) electrons. The van der Waals surface area contributed by atoms with Gasteiger partial charge in [-0.1, -0.05) is 5.11 Å². The van der Waals surface area contributed by atoms with Crippen LogP contribution in [0.15, 0.2) is 12.3 Å². The molecule has 0 aliphatic carbocycles. The topological polar surface area (TPSA) is 95.4 Å². The number of rotatable bonds is 5. The Morgan fingerprint density at radius 3 is 2.38 bits per heavy atom. The van der Waals surface area contributed by atoms with Gasteiger partial charge in [0.2, 0.25) is 0 Å². The molecule has 0 bridgehead atoms. The van der Waals surface area contributed by atoms with E-state index in [1.165, 1.54) is 0 Å². The third-order valence-corrected chi connectivity index (χ3v) is 4.76. The molecule has 0 aromatic carbocycles. The molecule has 0 spiro atoms. The molecule has 1 aliphatic rings. The number of halogens is 2. The minimum Gasteiger partial charge on any atom is -0.374 e. The van der Waals surface area contributed by atoms with Crippen LogP contribution in [0.25, 0.3) is 10.4 Å². The van der Waals surface area contributed by atoms with Gasteiger partial charge >= 0.3 is 0 Å². The lowest BCUT2D eigenvalue weighted by atomic mass is 10.5. The first-order valence-electron chi connectivity index (χ1n) is 4.09. The maximum atomic E-state index is 11.5. The van der Waals surface area contributed by atoms with Crippen molar-refractivity contribution in [3.63, 3.8) is 0 Å². The molecule has 9 heteroatoms. The highest BCUT2D eigenvalue weighted by atomic mass is 127. The lowest BCUT2D eigenvalue weighted by molar-refractivity contribution is -0.137. The summed E-state index contributed by atoms with van der Waals surface area (Å²) in [5.74, 6) is -0.607.